The molecule has 0 aliphatic carbocycles. The molecule has 2 N–H and O–H groups in total. The maximum Gasteiger partial charge on any atom is 0.416 e. The Morgan fingerprint density at radius 1 is 1.03 bits per heavy atom. The molecule has 8 heteroatoms. The van der Waals surface area contributed by atoms with E-state index in [2.05, 4.69) is 34.3 Å². The number of hydrogen-bond donors (Lipinski definition) is 2. The minimum Gasteiger partial charge on any atom is -0.351 e. The second-order valence-electron chi connectivity index (χ2n) is 7.11. The highest BCUT2D eigenvalue weighted by molar-refractivity contribution is 5.94. The first kappa shape index (κ1) is 22.6. The molecule has 0 spiro atoms. The molecular weight excluding hydrogens is 405 g/mol. The Bertz CT molecular complexity index is 1010. The number of alkyl halides is 3. The lowest BCUT2D eigenvalue weighted by Gasteiger charge is -2.17. The first-order valence-electron chi connectivity index (χ1n) is 10.2. The quantitative estimate of drug-likeness (QED) is 0.538. The van der Waals surface area contributed by atoms with Crippen molar-refractivity contribution >= 4 is 5.91 Å². The lowest BCUT2D eigenvalue weighted by molar-refractivity contribution is -0.137. The van der Waals surface area contributed by atoms with Crippen molar-refractivity contribution in [3.63, 3.8) is 0 Å². The molecule has 5 nitrogen and oxygen atoms in total. The smallest absolute Gasteiger partial charge is 0.351 e. The van der Waals surface area contributed by atoms with Gasteiger partial charge in [-0.3, -0.25) is 9.89 Å². The number of hydrogen-bond acceptors (Lipinski definition) is 3. The highest BCUT2D eigenvalue weighted by atomic mass is 19.4. The van der Waals surface area contributed by atoms with Gasteiger partial charge in [-0.05, 0) is 49.0 Å². The Hall–Kier alpha value is -3.13. The molecule has 0 atom stereocenters. The number of carbonyl (C=O) groups excluding carboxylic acids is 1. The standard InChI is InChI=1S/C23H25F3N4O/c1-3-30(4-2)13-12-27-22(31)17-10-8-16(9-11-17)20-15-21(29-28-20)18-6-5-7-19(14-18)23(24,25)26/h5-11,14-15H,3-4,12-13H2,1-2H3,(H,27,31)(H,28,29). The second-order valence-corrected chi connectivity index (χ2v) is 7.11. The fourth-order valence-electron chi connectivity index (χ4n) is 3.24. The van der Waals surface area contributed by atoms with Crippen LogP contribution in [0.4, 0.5) is 13.2 Å². The van der Waals surface area contributed by atoms with Gasteiger partial charge in [0.2, 0.25) is 0 Å². The van der Waals surface area contributed by atoms with Gasteiger partial charge in [-0.1, -0.05) is 38.1 Å². The molecule has 3 aromatic rings. The summed E-state index contributed by atoms with van der Waals surface area (Å²) in [5, 5.41) is 9.90. The van der Waals surface area contributed by atoms with Gasteiger partial charge in [-0.15, -0.1) is 0 Å². The average molecular weight is 430 g/mol. The summed E-state index contributed by atoms with van der Waals surface area (Å²) in [6.07, 6.45) is -4.41. The van der Waals surface area contributed by atoms with Crippen molar-refractivity contribution in [1.29, 1.82) is 0 Å². The van der Waals surface area contributed by atoms with Crippen molar-refractivity contribution in [3.8, 4) is 22.5 Å². The zero-order valence-corrected chi connectivity index (χ0v) is 17.5. The largest absolute Gasteiger partial charge is 0.416 e. The molecule has 164 valence electrons. The summed E-state index contributed by atoms with van der Waals surface area (Å²) in [7, 11) is 0. The first-order chi connectivity index (χ1) is 14.8. The number of aromatic amines is 1. The van der Waals surface area contributed by atoms with Crippen LogP contribution in [0.25, 0.3) is 22.5 Å². The van der Waals surface area contributed by atoms with Crippen molar-refractivity contribution < 1.29 is 18.0 Å². The van der Waals surface area contributed by atoms with Gasteiger partial charge in [0.1, 0.15) is 0 Å². The Morgan fingerprint density at radius 3 is 2.39 bits per heavy atom. The number of likely N-dealkylation sites (N-methyl/N-ethyl adjacent to an activating group) is 1. The minimum absolute atomic E-state index is 0.145. The maximum atomic E-state index is 12.9. The van der Waals surface area contributed by atoms with E-state index >= 15 is 0 Å². The molecule has 0 unspecified atom stereocenters. The van der Waals surface area contributed by atoms with Crippen LogP contribution < -0.4 is 5.32 Å². The molecule has 0 saturated carbocycles. The molecule has 31 heavy (non-hydrogen) atoms. The molecule has 3 rings (SSSR count). The molecule has 1 amide bonds. The number of nitrogens with one attached hydrogen (secondary N) is 2. The number of carbonyl (C=O) groups is 1. The van der Waals surface area contributed by atoms with Crippen LogP contribution >= 0.6 is 0 Å². The van der Waals surface area contributed by atoms with Crippen LogP contribution in [0.1, 0.15) is 29.8 Å². The predicted molar refractivity (Wildman–Crippen MR) is 115 cm³/mol. The van der Waals surface area contributed by atoms with E-state index in [0.717, 1.165) is 37.3 Å². The molecule has 1 aromatic heterocycles. The highest BCUT2D eigenvalue weighted by Crippen LogP contribution is 2.32. The third kappa shape index (κ3) is 5.73. The van der Waals surface area contributed by atoms with Gasteiger partial charge in [-0.2, -0.15) is 18.3 Å². The molecule has 1 heterocycles. The van der Waals surface area contributed by atoms with E-state index in [1.165, 1.54) is 6.07 Å². The summed E-state index contributed by atoms with van der Waals surface area (Å²) in [4.78, 5) is 14.5. The normalized spacial score (nSPS) is 11.7. The molecule has 0 fully saturated rings. The fourth-order valence-corrected chi connectivity index (χ4v) is 3.24. The van der Waals surface area contributed by atoms with Gasteiger partial charge in [0.15, 0.2) is 0 Å². The van der Waals surface area contributed by atoms with E-state index in [-0.39, 0.29) is 5.91 Å². The maximum absolute atomic E-state index is 12.9. The molecule has 0 bridgehead atoms. The summed E-state index contributed by atoms with van der Waals surface area (Å²) < 4.78 is 38.8. The topological polar surface area (TPSA) is 61.0 Å². The third-order valence-corrected chi connectivity index (χ3v) is 5.13. The van der Waals surface area contributed by atoms with Crippen molar-refractivity contribution in [2.24, 2.45) is 0 Å². The second kappa shape index (κ2) is 9.78. The van der Waals surface area contributed by atoms with E-state index in [9.17, 15) is 18.0 Å². The Balaban J connectivity index is 1.67. The molecule has 0 radical (unpaired) electrons. The summed E-state index contributed by atoms with van der Waals surface area (Å²) in [5.41, 5.74) is 2.05. The average Bonchev–Trinajstić information content (AvgIpc) is 3.27. The third-order valence-electron chi connectivity index (χ3n) is 5.13. The fraction of sp³-hybridized carbons (Fsp3) is 0.304. The predicted octanol–water partition coefficient (Wildman–Crippen LogP) is 4.83. The Morgan fingerprint density at radius 2 is 1.74 bits per heavy atom. The van der Waals surface area contributed by atoms with Crippen molar-refractivity contribution in [3.05, 3.63) is 65.7 Å². The Labute approximate surface area is 179 Å². The van der Waals surface area contributed by atoms with E-state index in [0.29, 0.717) is 29.1 Å². The molecule has 2 aromatic carbocycles. The summed E-state index contributed by atoms with van der Waals surface area (Å²) in [6, 6.07) is 13.7. The van der Waals surface area contributed by atoms with Crippen LogP contribution in [0.3, 0.4) is 0 Å². The van der Waals surface area contributed by atoms with Gasteiger partial charge in [-0.25, -0.2) is 0 Å². The van der Waals surface area contributed by atoms with Gasteiger partial charge in [0.25, 0.3) is 5.91 Å². The zero-order chi connectivity index (χ0) is 22.4. The number of halogens is 3. The van der Waals surface area contributed by atoms with Crippen LogP contribution in [-0.2, 0) is 6.18 Å². The number of nitrogens with zero attached hydrogens (tertiary/aromatic N) is 2. The summed E-state index contributed by atoms with van der Waals surface area (Å²) in [6.45, 7) is 7.41. The number of aromatic nitrogens is 2. The minimum atomic E-state index is -4.41. The van der Waals surface area contributed by atoms with Gasteiger partial charge < -0.3 is 10.2 Å². The number of H-pyrrole nitrogens is 1. The summed E-state index contributed by atoms with van der Waals surface area (Å²) >= 11 is 0. The summed E-state index contributed by atoms with van der Waals surface area (Å²) in [5.74, 6) is -0.145. The van der Waals surface area contributed by atoms with Crippen LogP contribution in [0.2, 0.25) is 0 Å². The lowest BCUT2D eigenvalue weighted by Crippen LogP contribution is -2.34. The van der Waals surface area contributed by atoms with Gasteiger partial charge in [0.05, 0.1) is 17.0 Å². The number of rotatable bonds is 8. The van der Waals surface area contributed by atoms with E-state index in [1.807, 2.05) is 0 Å². The monoisotopic (exact) mass is 430 g/mol. The molecular formula is C23H25F3N4O. The van der Waals surface area contributed by atoms with Gasteiger partial charge in [0, 0.05) is 24.2 Å². The van der Waals surface area contributed by atoms with E-state index < -0.39 is 11.7 Å². The first-order valence-corrected chi connectivity index (χ1v) is 10.2. The molecule has 0 aliphatic heterocycles. The molecule has 0 saturated heterocycles. The van der Waals surface area contributed by atoms with Crippen molar-refractivity contribution in [2.45, 2.75) is 20.0 Å². The van der Waals surface area contributed by atoms with Crippen molar-refractivity contribution in [2.75, 3.05) is 26.2 Å². The number of benzene rings is 2. The SMILES string of the molecule is CCN(CC)CCNC(=O)c1ccc(-c2cc(-c3cccc(C(F)(F)F)c3)n[nH]2)cc1. The van der Waals surface area contributed by atoms with Crippen LogP contribution in [0.15, 0.2) is 54.6 Å². The Kier molecular flexibility index (Phi) is 7.12. The lowest BCUT2D eigenvalue weighted by atomic mass is 10.1. The van der Waals surface area contributed by atoms with Gasteiger partial charge >= 0.3 is 6.18 Å². The molecule has 0 aliphatic rings. The number of amides is 1. The van der Waals surface area contributed by atoms with Crippen LogP contribution in [-0.4, -0.2) is 47.2 Å². The zero-order valence-electron chi connectivity index (χ0n) is 17.5. The highest BCUT2D eigenvalue weighted by Gasteiger charge is 2.30. The van der Waals surface area contributed by atoms with Crippen LogP contribution in [0, 0.1) is 0 Å². The van der Waals surface area contributed by atoms with Crippen LogP contribution in [0.5, 0.6) is 0 Å². The van der Waals surface area contributed by atoms with Crippen molar-refractivity contribution in [1.82, 2.24) is 20.4 Å². The van der Waals surface area contributed by atoms with E-state index in [1.54, 1.807) is 36.4 Å². The van der Waals surface area contributed by atoms with E-state index in [4.69, 9.17) is 0 Å².